The SMILES string of the molecule is CC(O)CNC(=O)/C(=C\c1ccc(-c2cccnc2Cl)o1)NC(=O)c1ccccc1. The molecule has 8 heteroatoms. The first-order chi connectivity index (χ1) is 14.4. The smallest absolute Gasteiger partial charge is 0.268 e. The van der Waals surface area contributed by atoms with Crippen LogP contribution in [0.15, 0.2) is 70.9 Å². The van der Waals surface area contributed by atoms with Crippen molar-refractivity contribution in [3.63, 3.8) is 0 Å². The van der Waals surface area contributed by atoms with Crippen molar-refractivity contribution in [3.05, 3.63) is 83.0 Å². The minimum atomic E-state index is -0.733. The van der Waals surface area contributed by atoms with Gasteiger partial charge in [-0.3, -0.25) is 9.59 Å². The van der Waals surface area contributed by atoms with E-state index in [1.807, 2.05) is 0 Å². The predicted molar refractivity (Wildman–Crippen MR) is 114 cm³/mol. The summed E-state index contributed by atoms with van der Waals surface area (Å²) in [6.45, 7) is 1.58. The van der Waals surface area contributed by atoms with Crippen LogP contribution >= 0.6 is 11.6 Å². The van der Waals surface area contributed by atoms with Crippen LogP contribution in [0.2, 0.25) is 5.15 Å². The molecule has 0 saturated heterocycles. The average molecular weight is 426 g/mol. The van der Waals surface area contributed by atoms with Crippen molar-refractivity contribution in [1.82, 2.24) is 15.6 Å². The molecule has 3 aromatic rings. The van der Waals surface area contributed by atoms with Crippen LogP contribution < -0.4 is 10.6 Å². The van der Waals surface area contributed by atoms with Gasteiger partial charge in [0.2, 0.25) is 0 Å². The van der Waals surface area contributed by atoms with Gasteiger partial charge in [0.1, 0.15) is 22.4 Å². The molecule has 2 heterocycles. The molecular formula is C22H20ClN3O4. The Morgan fingerprint density at radius 3 is 2.63 bits per heavy atom. The number of carbonyl (C=O) groups excluding carboxylic acids is 2. The van der Waals surface area contributed by atoms with Crippen LogP contribution in [-0.4, -0.2) is 34.6 Å². The lowest BCUT2D eigenvalue weighted by Gasteiger charge is -2.11. The molecule has 154 valence electrons. The summed E-state index contributed by atoms with van der Waals surface area (Å²) < 4.78 is 5.76. The fraction of sp³-hybridized carbons (Fsp3) is 0.136. The van der Waals surface area contributed by atoms with Gasteiger partial charge in [-0.1, -0.05) is 29.8 Å². The van der Waals surface area contributed by atoms with Gasteiger partial charge in [-0.25, -0.2) is 4.98 Å². The monoisotopic (exact) mass is 425 g/mol. The molecule has 3 N–H and O–H groups in total. The Balaban J connectivity index is 1.87. The van der Waals surface area contributed by atoms with Crippen molar-refractivity contribution < 1.29 is 19.1 Å². The molecule has 30 heavy (non-hydrogen) atoms. The number of carbonyl (C=O) groups is 2. The number of aliphatic hydroxyl groups is 1. The number of aliphatic hydroxyl groups excluding tert-OH is 1. The van der Waals surface area contributed by atoms with Gasteiger partial charge < -0.3 is 20.2 Å². The Morgan fingerprint density at radius 1 is 1.17 bits per heavy atom. The van der Waals surface area contributed by atoms with E-state index in [-0.39, 0.29) is 17.4 Å². The number of aromatic nitrogens is 1. The van der Waals surface area contributed by atoms with E-state index in [4.69, 9.17) is 16.0 Å². The Labute approximate surface area is 178 Å². The largest absolute Gasteiger partial charge is 0.457 e. The van der Waals surface area contributed by atoms with Crippen molar-refractivity contribution in [1.29, 1.82) is 0 Å². The van der Waals surface area contributed by atoms with Gasteiger partial charge in [0, 0.05) is 24.4 Å². The lowest BCUT2D eigenvalue weighted by molar-refractivity contribution is -0.118. The first kappa shape index (κ1) is 21.3. The number of nitrogens with one attached hydrogen (secondary N) is 2. The second-order valence-corrected chi connectivity index (χ2v) is 6.84. The summed E-state index contributed by atoms with van der Waals surface area (Å²) in [4.78, 5) is 29.1. The summed E-state index contributed by atoms with van der Waals surface area (Å²) in [5.74, 6) is -0.202. The highest BCUT2D eigenvalue weighted by atomic mass is 35.5. The zero-order chi connectivity index (χ0) is 21.5. The molecule has 0 radical (unpaired) electrons. The standard InChI is InChI=1S/C22H20ClN3O4/c1-14(27)13-25-22(29)18(26-21(28)15-6-3-2-4-7-15)12-16-9-10-19(30-16)17-8-5-11-24-20(17)23/h2-12,14,27H,13H2,1H3,(H,25,29)(H,26,28)/b18-12+. The molecule has 0 aliphatic carbocycles. The van der Waals surface area contributed by atoms with Crippen LogP contribution in [0.25, 0.3) is 17.4 Å². The fourth-order valence-corrected chi connectivity index (χ4v) is 2.78. The Hall–Kier alpha value is -3.42. The summed E-state index contributed by atoms with van der Waals surface area (Å²) in [5, 5.41) is 14.9. The molecule has 1 aromatic carbocycles. The van der Waals surface area contributed by atoms with E-state index in [0.717, 1.165) is 0 Å². The molecule has 0 bridgehead atoms. The van der Waals surface area contributed by atoms with E-state index >= 15 is 0 Å². The second-order valence-electron chi connectivity index (χ2n) is 6.48. The molecular weight excluding hydrogens is 406 g/mol. The quantitative estimate of drug-likeness (QED) is 0.398. The molecule has 2 aromatic heterocycles. The third kappa shape index (κ3) is 5.56. The average Bonchev–Trinajstić information content (AvgIpc) is 3.20. The normalized spacial score (nSPS) is 12.3. The van der Waals surface area contributed by atoms with Crippen LogP contribution in [0.5, 0.6) is 0 Å². The van der Waals surface area contributed by atoms with Crippen LogP contribution in [-0.2, 0) is 4.79 Å². The molecule has 1 unspecified atom stereocenters. The first-order valence-corrected chi connectivity index (χ1v) is 9.57. The van der Waals surface area contributed by atoms with Crippen LogP contribution in [0.1, 0.15) is 23.0 Å². The molecule has 0 saturated carbocycles. The van der Waals surface area contributed by atoms with Crippen molar-refractivity contribution in [3.8, 4) is 11.3 Å². The number of nitrogens with zero attached hydrogens (tertiary/aromatic N) is 1. The highest BCUT2D eigenvalue weighted by Crippen LogP contribution is 2.28. The van der Waals surface area contributed by atoms with Crippen LogP contribution in [0.3, 0.4) is 0 Å². The molecule has 3 rings (SSSR count). The molecule has 2 amide bonds. The number of pyridine rings is 1. The van der Waals surface area contributed by atoms with E-state index in [2.05, 4.69) is 15.6 Å². The Morgan fingerprint density at radius 2 is 1.93 bits per heavy atom. The zero-order valence-corrected chi connectivity index (χ0v) is 16.9. The summed E-state index contributed by atoms with van der Waals surface area (Å²) >= 11 is 6.10. The first-order valence-electron chi connectivity index (χ1n) is 9.19. The van der Waals surface area contributed by atoms with Crippen molar-refractivity contribution in [2.45, 2.75) is 13.0 Å². The van der Waals surface area contributed by atoms with Gasteiger partial charge in [0.15, 0.2) is 0 Å². The molecule has 1 atom stereocenters. The topological polar surface area (TPSA) is 104 Å². The van der Waals surface area contributed by atoms with E-state index < -0.39 is 17.9 Å². The van der Waals surface area contributed by atoms with E-state index in [1.54, 1.807) is 67.7 Å². The number of rotatable bonds is 7. The van der Waals surface area contributed by atoms with Gasteiger partial charge in [0.25, 0.3) is 11.8 Å². The lowest BCUT2D eigenvalue weighted by Crippen LogP contribution is -2.37. The highest BCUT2D eigenvalue weighted by Gasteiger charge is 2.16. The maximum atomic E-state index is 12.6. The fourth-order valence-electron chi connectivity index (χ4n) is 2.57. The van der Waals surface area contributed by atoms with E-state index in [9.17, 15) is 14.7 Å². The number of halogens is 1. The van der Waals surface area contributed by atoms with Crippen molar-refractivity contribution >= 4 is 29.5 Å². The van der Waals surface area contributed by atoms with Crippen molar-refractivity contribution in [2.24, 2.45) is 0 Å². The predicted octanol–water partition coefficient (Wildman–Crippen LogP) is 3.26. The van der Waals surface area contributed by atoms with Gasteiger partial charge in [-0.2, -0.15) is 0 Å². The summed E-state index contributed by atoms with van der Waals surface area (Å²) in [7, 11) is 0. The Kier molecular flexibility index (Phi) is 7.00. The highest BCUT2D eigenvalue weighted by molar-refractivity contribution is 6.31. The zero-order valence-electron chi connectivity index (χ0n) is 16.1. The third-order valence-electron chi connectivity index (χ3n) is 4.02. The number of amides is 2. The number of hydrogen-bond acceptors (Lipinski definition) is 5. The number of furan rings is 1. The molecule has 0 aliphatic heterocycles. The lowest BCUT2D eigenvalue weighted by atomic mass is 10.2. The minimum Gasteiger partial charge on any atom is -0.457 e. The Bertz CT molecular complexity index is 1060. The number of hydrogen-bond donors (Lipinski definition) is 3. The van der Waals surface area contributed by atoms with E-state index in [1.165, 1.54) is 6.08 Å². The third-order valence-corrected chi connectivity index (χ3v) is 4.33. The van der Waals surface area contributed by atoms with Crippen LogP contribution in [0, 0.1) is 0 Å². The number of benzene rings is 1. The second kappa shape index (κ2) is 9.87. The maximum Gasteiger partial charge on any atom is 0.268 e. The molecule has 0 aliphatic rings. The van der Waals surface area contributed by atoms with Gasteiger partial charge in [-0.05, 0) is 43.3 Å². The summed E-state index contributed by atoms with van der Waals surface area (Å²) in [5.41, 5.74) is 0.976. The van der Waals surface area contributed by atoms with E-state index in [0.29, 0.717) is 22.6 Å². The minimum absolute atomic E-state index is 0.0253. The summed E-state index contributed by atoms with van der Waals surface area (Å²) in [6.07, 6.45) is 2.24. The van der Waals surface area contributed by atoms with Crippen molar-refractivity contribution in [2.75, 3.05) is 6.54 Å². The van der Waals surface area contributed by atoms with Gasteiger partial charge >= 0.3 is 0 Å². The van der Waals surface area contributed by atoms with Gasteiger partial charge in [0.05, 0.1) is 11.7 Å². The molecule has 0 spiro atoms. The summed E-state index contributed by atoms with van der Waals surface area (Å²) in [6, 6.07) is 15.3. The van der Waals surface area contributed by atoms with Gasteiger partial charge in [-0.15, -0.1) is 0 Å². The van der Waals surface area contributed by atoms with Crippen LogP contribution in [0.4, 0.5) is 0 Å². The molecule has 7 nitrogen and oxygen atoms in total. The maximum absolute atomic E-state index is 12.6. The molecule has 0 fully saturated rings.